The van der Waals surface area contributed by atoms with Crippen molar-refractivity contribution in [2.24, 2.45) is 0 Å². The Bertz CT molecular complexity index is 740. The van der Waals surface area contributed by atoms with Crippen LogP contribution in [0, 0.1) is 24.6 Å². The van der Waals surface area contributed by atoms with E-state index in [1.165, 1.54) is 0 Å². The van der Waals surface area contributed by atoms with Crippen molar-refractivity contribution in [2.75, 3.05) is 0 Å². The van der Waals surface area contributed by atoms with E-state index in [-0.39, 0.29) is 11.1 Å². The molecule has 0 saturated carbocycles. The molecule has 1 heterocycles. The summed E-state index contributed by atoms with van der Waals surface area (Å²) in [6.45, 7) is 3.28. The van der Waals surface area contributed by atoms with Crippen molar-refractivity contribution in [1.29, 1.82) is 0 Å². The lowest BCUT2D eigenvalue weighted by Crippen LogP contribution is -2.13. The molecule has 1 N–H and O–H groups in total. The number of halogens is 2. The SMILES string of the molecule is CC#Cc1cc(CBr)c(F)c2[nH]c(=O)c(C)nc12. The minimum Gasteiger partial charge on any atom is -0.317 e. The molecule has 0 unspecified atom stereocenters. The molecule has 0 saturated heterocycles. The van der Waals surface area contributed by atoms with Gasteiger partial charge < -0.3 is 4.98 Å². The summed E-state index contributed by atoms with van der Waals surface area (Å²) in [7, 11) is 0. The summed E-state index contributed by atoms with van der Waals surface area (Å²) < 4.78 is 14.1. The molecule has 0 aliphatic heterocycles. The van der Waals surface area contributed by atoms with Crippen LogP contribution in [0.25, 0.3) is 11.0 Å². The largest absolute Gasteiger partial charge is 0.317 e. The maximum atomic E-state index is 14.1. The van der Waals surface area contributed by atoms with E-state index in [4.69, 9.17) is 0 Å². The summed E-state index contributed by atoms with van der Waals surface area (Å²) >= 11 is 3.21. The highest BCUT2D eigenvalue weighted by Gasteiger charge is 2.13. The van der Waals surface area contributed by atoms with Crippen LogP contribution in [0.4, 0.5) is 4.39 Å². The Balaban J connectivity index is 2.99. The second-order valence-electron chi connectivity index (χ2n) is 3.78. The van der Waals surface area contributed by atoms with E-state index in [1.54, 1.807) is 19.9 Å². The highest BCUT2D eigenvalue weighted by Crippen LogP contribution is 2.22. The predicted octanol–water partition coefficient (Wildman–Crippen LogP) is 2.64. The maximum Gasteiger partial charge on any atom is 0.269 e. The molecule has 0 atom stereocenters. The number of rotatable bonds is 1. The summed E-state index contributed by atoms with van der Waals surface area (Å²) in [4.78, 5) is 18.2. The lowest BCUT2D eigenvalue weighted by atomic mass is 10.1. The summed E-state index contributed by atoms with van der Waals surface area (Å²) in [5.41, 5.74) is 1.48. The number of benzene rings is 1. The predicted molar refractivity (Wildman–Crippen MR) is 72.2 cm³/mol. The van der Waals surface area contributed by atoms with Crippen LogP contribution in [0.1, 0.15) is 23.7 Å². The Kier molecular flexibility index (Phi) is 3.48. The van der Waals surface area contributed by atoms with Crippen molar-refractivity contribution in [2.45, 2.75) is 19.2 Å². The lowest BCUT2D eigenvalue weighted by Gasteiger charge is -2.06. The van der Waals surface area contributed by atoms with Crippen LogP contribution in [0.2, 0.25) is 0 Å². The van der Waals surface area contributed by atoms with Gasteiger partial charge in [-0.25, -0.2) is 9.37 Å². The van der Waals surface area contributed by atoms with Crippen molar-refractivity contribution in [1.82, 2.24) is 9.97 Å². The van der Waals surface area contributed by atoms with Crippen LogP contribution in [0.3, 0.4) is 0 Å². The first-order valence-electron chi connectivity index (χ1n) is 5.29. The first-order valence-corrected chi connectivity index (χ1v) is 6.41. The van der Waals surface area contributed by atoms with Gasteiger partial charge in [0.2, 0.25) is 0 Å². The number of alkyl halides is 1. The monoisotopic (exact) mass is 308 g/mol. The fraction of sp³-hybridized carbons (Fsp3) is 0.231. The van der Waals surface area contributed by atoms with Crippen LogP contribution in [-0.4, -0.2) is 9.97 Å². The number of hydrogen-bond acceptors (Lipinski definition) is 2. The number of aromatic nitrogens is 2. The lowest BCUT2D eigenvalue weighted by molar-refractivity contribution is 0.625. The molecule has 92 valence electrons. The quantitative estimate of drug-likeness (QED) is 0.650. The fourth-order valence-corrected chi connectivity index (χ4v) is 2.09. The normalized spacial score (nSPS) is 10.2. The van der Waals surface area contributed by atoms with E-state index in [0.717, 1.165) is 0 Å². The second-order valence-corrected chi connectivity index (χ2v) is 4.34. The average molecular weight is 309 g/mol. The maximum absolute atomic E-state index is 14.1. The summed E-state index contributed by atoms with van der Waals surface area (Å²) in [6.07, 6.45) is 0. The van der Waals surface area contributed by atoms with E-state index in [1.807, 2.05) is 0 Å². The molecule has 18 heavy (non-hydrogen) atoms. The Labute approximate surface area is 112 Å². The molecule has 3 nitrogen and oxygen atoms in total. The van der Waals surface area contributed by atoms with Crippen molar-refractivity contribution in [3.8, 4) is 11.8 Å². The molecular formula is C13H10BrFN2O. The summed E-state index contributed by atoms with van der Waals surface area (Å²) in [6, 6.07) is 1.65. The van der Waals surface area contributed by atoms with E-state index >= 15 is 0 Å². The topological polar surface area (TPSA) is 45.8 Å². The highest BCUT2D eigenvalue weighted by molar-refractivity contribution is 9.08. The Morgan fingerprint density at radius 1 is 1.56 bits per heavy atom. The molecule has 1 aromatic heterocycles. The van der Waals surface area contributed by atoms with Gasteiger partial charge in [0.1, 0.15) is 16.7 Å². The number of fused-ring (bicyclic) bond motifs is 1. The molecule has 0 bridgehead atoms. The van der Waals surface area contributed by atoms with Gasteiger partial charge in [0.25, 0.3) is 5.56 Å². The van der Waals surface area contributed by atoms with Crippen LogP contribution < -0.4 is 5.56 Å². The van der Waals surface area contributed by atoms with Gasteiger partial charge >= 0.3 is 0 Å². The third kappa shape index (κ3) is 2.04. The van der Waals surface area contributed by atoms with Gasteiger partial charge in [-0.2, -0.15) is 0 Å². The molecule has 2 rings (SSSR count). The molecular weight excluding hydrogens is 299 g/mol. The zero-order valence-corrected chi connectivity index (χ0v) is 11.5. The van der Waals surface area contributed by atoms with Crippen LogP contribution in [0.5, 0.6) is 0 Å². The molecule has 0 spiro atoms. The molecule has 0 fully saturated rings. The second kappa shape index (κ2) is 4.91. The third-order valence-corrected chi connectivity index (χ3v) is 3.17. The first kappa shape index (κ1) is 12.8. The smallest absolute Gasteiger partial charge is 0.269 e. The molecule has 1 aromatic carbocycles. The minimum atomic E-state index is -0.465. The summed E-state index contributed by atoms with van der Waals surface area (Å²) in [5.74, 6) is 5.17. The van der Waals surface area contributed by atoms with Crippen LogP contribution in [-0.2, 0) is 5.33 Å². The van der Waals surface area contributed by atoms with Crippen LogP contribution >= 0.6 is 15.9 Å². The highest BCUT2D eigenvalue weighted by atomic mass is 79.9. The zero-order valence-electron chi connectivity index (χ0n) is 9.90. The Morgan fingerprint density at radius 2 is 2.28 bits per heavy atom. The van der Waals surface area contributed by atoms with Gasteiger partial charge in [0, 0.05) is 10.9 Å². The number of aryl methyl sites for hydroxylation is 1. The number of nitrogens with zero attached hydrogens (tertiary/aromatic N) is 1. The van der Waals surface area contributed by atoms with Crippen molar-refractivity contribution >= 4 is 27.0 Å². The summed E-state index contributed by atoms with van der Waals surface area (Å²) in [5, 5.41) is 0.350. The van der Waals surface area contributed by atoms with Gasteiger partial charge in [-0.15, -0.1) is 5.92 Å². The minimum absolute atomic E-state index is 0.111. The van der Waals surface area contributed by atoms with Crippen molar-refractivity contribution < 1.29 is 4.39 Å². The molecule has 0 aliphatic rings. The van der Waals surface area contributed by atoms with Crippen molar-refractivity contribution in [3.63, 3.8) is 0 Å². The number of aromatic amines is 1. The number of H-pyrrole nitrogens is 1. The van der Waals surface area contributed by atoms with Crippen LogP contribution in [0.15, 0.2) is 10.9 Å². The van der Waals surface area contributed by atoms with Crippen molar-refractivity contribution in [3.05, 3.63) is 39.1 Å². The average Bonchev–Trinajstić information content (AvgIpc) is 2.35. The molecule has 5 heteroatoms. The van der Waals surface area contributed by atoms with Gasteiger partial charge in [-0.1, -0.05) is 21.9 Å². The van der Waals surface area contributed by atoms with Gasteiger partial charge in [-0.05, 0) is 19.9 Å². The molecule has 0 radical (unpaired) electrons. The Morgan fingerprint density at radius 3 is 2.89 bits per heavy atom. The van der Waals surface area contributed by atoms with Gasteiger partial charge in [-0.3, -0.25) is 4.79 Å². The van der Waals surface area contributed by atoms with E-state index < -0.39 is 5.82 Å². The Hall–Kier alpha value is -1.67. The molecule has 0 amide bonds. The first-order chi connectivity index (χ1) is 8.58. The zero-order chi connectivity index (χ0) is 13.3. The fourth-order valence-electron chi connectivity index (χ4n) is 1.68. The third-order valence-electron chi connectivity index (χ3n) is 2.56. The van der Waals surface area contributed by atoms with Gasteiger partial charge in [0.15, 0.2) is 5.82 Å². The van der Waals surface area contributed by atoms with E-state index in [0.29, 0.717) is 27.7 Å². The van der Waals surface area contributed by atoms with E-state index in [2.05, 4.69) is 37.7 Å². The van der Waals surface area contributed by atoms with Gasteiger partial charge in [0.05, 0.1) is 5.56 Å². The standard InChI is InChI=1S/C13H10BrFN2O/c1-3-4-8-5-9(6-14)10(15)12-11(8)16-7(2)13(18)17-12/h5H,6H2,1-2H3,(H,17,18). The molecule has 0 aliphatic carbocycles. The number of nitrogens with one attached hydrogen (secondary N) is 1. The number of hydrogen-bond donors (Lipinski definition) is 1. The van der Waals surface area contributed by atoms with E-state index in [9.17, 15) is 9.18 Å². The molecule has 2 aromatic rings.